The number of aliphatic hydroxyl groups is 1. The smallest absolute Gasteiger partial charge is 0.251 e. The molecule has 1 rings (SSSR count). The second-order valence-corrected chi connectivity index (χ2v) is 5.14. The minimum atomic E-state index is -0.206. The molecular formula is C14H21NO3. The van der Waals surface area contributed by atoms with E-state index < -0.39 is 0 Å². The number of hydrogen-bond acceptors (Lipinski definition) is 3. The Kier molecular flexibility index (Phi) is 4.73. The fourth-order valence-electron chi connectivity index (χ4n) is 1.72. The zero-order chi connectivity index (χ0) is 13.8. The first-order chi connectivity index (χ1) is 8.40. The summed E-state index contributed by atoms with van der Waals surface area (Å²) in [5.74, 6) is 0.502. The van der Waals surface area contributed by atoms with Crippen molar-refractivity contribution in [3.8, 4) is 5.75 Å². The highest BCUT2D eigenvalue weighted by molar-refractivity contribution is 5.94. The van der Waals surface area contributed by atoms with Gasteiger partial charge in [0.15, 0.2) is 0 Å². The molecule has 18 heavy (non-hydrogen) atoms. The van der Waals surface area contributed by atoms with Crippen LogP contribution in [0.25, 0.3) is 0 Å². The molecule has 0 saturated heterocycles. The summed E-state index contributed by atoms with van der Waals surface area (Å²) in [6.07, 6.45) is 0. The summed E-state index contributed by atoms with van der Waals surface area (Å²) in [7, 11) is 1.60. The molecular weight excluding hydrogens is 230 g/mol. The van der Waals surface area contributed by atoms with Crippen molar-refractivity contribution in [2.75, 3.05) is 20.3 Å². The van der Waals surface area contributed by atoms with E-state index in [1.807, 2.05) is 6.07 Å². The Hall–Kier alpha value is -1.55. The lowest BCUT2D eigenvalue weighted by Crippen LogP contribution is -2.26. The Bertz CT molecular complexity index is 422. The molecule has 0 unspecified atom stereocenters. The van der Waals surface area contributed by atoms with Gasteiger partial charge >= 0.3 is 0 Å². The summed E-state index contributed by atoms with van der Waals surface area (Å²) in [6, 6.07) is 5.41. The predicted molar refractivity (Wildman–Crippen MR) is 71.1 cm³/mol. The third-order valence-corrected chi connectivity index (χ3v) is 2.67. The van der Waals surface area contributed by atoms with Crippen LogP contribution in [0.3, 0.4) is 0 Å². The number of benzene rings is 1. The van der Waals surface area contributed by atoms with Gasteiger partial charge in [0.05, 0.1) is 13.7 Å². The Labute approximate surface area is 108 Å². The van der Waals surface area contributed by atoms with Crippen LogP contribution in [0, 0.1) is 0 Å². The van der Waals surface area contributed by atoms with Crippen LogP contribution in [0.15, 0.2) is 18.2 Å². The largest absolute Gasteiger partial charge is 0.496 e. The molecule has 100 valence electrons. The van der Waals surface area contributed by atoms with Crippen LogP contribution in [0.2, 0.25) is 0 Å². The van der Waals surface area contributed by atoms with Gasteiger partial charge in [0.2, 0.25) is 0 Å². The van der Waals surface area contributed by atoms with Crippen LogP contribution >= 0.6 is 0 Å². The standard InChI is InChI=1S/C14H21NO3/c1-14(2,3)11-6-5-10(9-12(11)18-4)13(17)15-7-8-16/h5-6,9,16H,7-8H2,1-4H3,(H,15,17). The lowest BCUT2D eigenvalue weighted by molar-refractivity contribution is 0.0944. The van der Waals surface area contributed by atoms with E-state index in [0.717, 1.165) is 5.56 Å². The molecule has 0 saturated carbocycles. The van der Waals surface area contributed by atoms with Gasteiger partial charge in [-0.2, -0.15) is 0 Å². The van der Waals surface area contributed by atoms with Crippen LogP contribution < -0.4 is 10.1 Å². The average molecular weight is 251 g/mol. The van der Waals surface area contributed by atoms with E-state index in [2.05, 4.69) is 26.1 Å². The van der Waals surface area contributed by atoms with Crippen LogP contribution in [0.1, 0.15) is 36.7 Å². The molecule has 0 spiro atoms. The Morgan fingerprint density at radius 1 is 1.39 bits per heavy atom. The molecule has 0 bridgehead atoms. The van der Waals surface area contributed by atoms with Crippen LogP contribution in [-0.2, 0) is 5.41 Å². The lowest BCUT2D eigenvalue weighted by atomic mass is 9.85. The Balaban J connectivity index is 3.02. The van der Waals surface area contributed by atoms with E-state index in [-0.39, 0.29) is 24.5 Å². The predicted octanol–water partition coefficient (Wildman–Crippen LogP) is 1.71. The highest BCUT2D eigenvalue weighted by Crippen LogP contribution is 2.31. The molecule has 0 aliphatic heterocycles. The first-order valence-corrected chi connectivity index (χ1v) is 5.97. The van der Waals surface area contributed by atoms with Gasteiger partial charge in [-0.05, 0) is 23.1 Å². The van der Waals surface area contributed by atoms with Gasteiger partial charge in [0.1, 0.15) is 5.75 Å². The van der Waals surface area contributed by atoms with E-state index in [1.165, 1.54) is 0 Å². The van der Waals surface area contributed by atoms with E-state index in [0.29, 0.717) is 11.3 Å². The molecule has 0 aliphatic rings. The van der Waals surface area contributed by atoms with Gasteiger partial charge < -0.3 is 15.2 Å². The van der Waals surface area contributed by atoms with Crippen molar-refractivity contribution in [2.24, 2.45) is 0 Å². The summed E-state index contributed by atoms with van der Waals surface area (Å²) in [6.45, 7) is 6.47. The minimum absolute atomic E-state index is 0.0363. The van der Waals surface area contributed by atoms with Crippen LogP contribution in [0.4, 0.5) is 0 Å². The summed E-state index contributed by atoms with van der Waals surface area (Å²) < 4.78 is 5.34. The van der Waals surface area contributed by atoms with Crippen molar-refractivity contribution in [2.45, 2.75) is 26.2 Å². The molecule has 0 aliphatic carbocycles. The molecule has 4 nitrogen and oxygen atoms in total. The molecule has 0 aromatic heterocycles. The third kappa shape index (κ3) is 3.47. The minimum Gasteiger partial charge on any atom is -0.496 e. The zero-order valence-corrected chi connectivity index (χ0v) is 11.4. The fourth-order valence-corrected chi connectivity index (χ4v) is 1.72. The number of methoxy groups -OCH3 is 1. The Morgan fingerprint density at radius 2 is 2.06 bits per heavy atom. The van der Waals surface area contributed by atoms with Crippen LogP contribution in [-0.4, -0.2) is 31.3 Å². The number of hydrogen-bond donors (Lipinski definition) is 2. The topological polar surface area (TPSA) is 58.6 Å². The lowest BCUT2D eigenvalue weighted by Gasteiger charge is -2.22. The van der Waals surface area contributed by atoms with Crippen molar-refractivity contribution in [3.63, 3.8) is 0 Å². The molecule has 1 amide bonds. The number of aliphatic hydroxyl groups excluding tert-OH is 1. The molecule has 1 aromatic carbocycles. The van der Waals surface area contributed by atoms with Crippen molar-refractivity contribution in [1.29, 1.82) is 0 Å². The van der Waals surface area contributed by atoms with Crippen molar-refractivity contribution in [3.05, 3.63) is 29.3 Å². The summed E-state index contributed by atoms with van der Waals surface area (Å²) in [5.41, 5.74) is 1.56. The van der Waals surface area contributed by atoms with E-state index in [1.54, 1.807) is 19.2 Å². The van der Waals surface area contributed by atoms with Crippen molar-refractivity contribution in [1.82, 2.24) is 5.32 Å². The van der Waals surface area contributed by atoms with E-state index >= 15 is 0 Å². The number of nitrogens with one attached hydrogen (secondary N) is 1. The quantitative estimate of drug-likeness (QED) is 0.856. The second-order valence-electron chi connectivity index (χ2n) is 5.14. The summed E-state index contributed by atoms with van der Waals surface area (Å²) in [5, 5.41) is 11.3. The molecule has 4 heteroatoms. The first kappa shape index (κ1) is 14.5. The monoisotopic (exact) mass is 251 g/mol. The second kappa shape index (κ2) is 5.87. The summed E-state index contributed by atoms with van der Waals surface area (Å²) in [4.78, 5) is 11.8. The van der Waals surface area contributed by atoms with Crippen LogP contribution in [0.5, 0.6) is 5.75 Å². The fraction of sp³-hybridized carbons (Fsp3) is 0.500. The number of ether oxygens (including phenoxy) is 1. The van der Waals surface area contributed by atoms with Gasteiger partial charge in [0, 0.05) is 12.1 Å². The molecule has 0 radical (unpaired) electrons. The summed E-state index contributed by atoms with van der Waals surface area (Å²) >= 11 is 0. The highest BCUT2D eigenvalue weighted by Gasteiger charge is 2.20. The molecule has 2 N–H and O–H groups in total. The van der Waals surface area contributed by atoms with Crippen molar-refractivity contribution < 1.29 is 14.6 Å². The normalized spacial score (nSPS) is 11.2. The maximum absolute atomic E-state index is 11.8. The third-order valence-electron chi connectivity index (χ3n) is 2.67. The van der Waals surface area contributed by atoms with Gasteiger partial charge in [0.25, 0.3) is 5.91 Å². The zero-order valence-electron chi connectivity index (χ0n) is 11.4. The number of carbonyl (C=O) groups is 1. The molecule has 1 aromatic rings. The van der Waals surface area contributed by atoms with E-state index in [9.17, 15) is 4.79 Å². The first-order valence-electron chi connectivity index (χ1n) is 5.97. The number of carbonyl (C=O) groups excluding carboxylic acids is 1. The van der Waals surface area contributed by atoms with Gasteiger partial charge in [-0.3, -0.25) is 4.79 Å². The molecule has 0 heterocycles. The van der Waals surface area contributed by atoms with Crippen molar-refractivity contribution >= 4 is 5.91 Å². The number of amides is 1. The van der Waals surface area contributed by atoms with E-state index in [4.69, 9.17) is 9.84 Å². The maximum Gasteiger partial charge on any atom is 0.251 e. The average Bonchev–Trinajstić information content (AvgIpc) is 2.33. The highest BCUT2D eigenvalue weighted by atomic mass is 16.5. The maximum atomic E-state index is 11.8. The van der Waals surface area contributed by atoms with Gasteiger partial charge in [-0.25, -0.2) is 0 Å². The molecule has 0 atom stereocenters. The van der Waals surface area contributed by atoms with Gasteiger partial charge in [-0.15, -0.1) is 0 Å². The number of rotatable bonds is 4. The van der Waals surface area contributed by atoms with Gasteiger partial charge in [-0.1, -0.05) is 26.8 Å². The SMILES string of the molecule is COc1cc(C(=O)NCCO)ccc1C(C)(C)C. The Morgan fingerprint density at radius 3 is 2.56 bits per heavy atom. The molecule has 0 fully saturated rings.